The number of amides is 1. The molecule has 1 aliphatic carbocycles. The SMILES string of the molecule is Cc1cc(Br)c(NC(=O)C2CCC(C(=O)O)C2)cc1Cl. The van der Waals surface area contributed by atoms with Gasteiger partial charge in [-0.15, -0.1) is 0 Å². The summed E-state index contributed by atoms with van der Waals surface area (Å²) in [7, 11) is 0. The average molecular weight is 361 g/mol. The lowest BCUT2D eigenvalue weighted by Crippen LogP contribution is -2.22. The summed E-state index contributed by atoms with van der Waals surface area (Å²) in [6.07, 6.45) is 1.57. The van der Waals surface area contributed by atoms with Gasteiger partial charge in [0.2, 0.25) is 5.91 Å². The summed E-state index contributed by atoms with van der Waals surface area (Å²) >= 11 is 9.43. The maximum atomic E-state index is 12.2. The second kappa shape index (κ2) is 6.14. The third-order valence-corrected chi connectivity index (χ3v) is 4.72. The fourth-order valence-corrected chi connectivity index (χ4v) is 3.14. The number of carbonyl (C=O) groups excluding carboxylic acids is 1. The maximum absolute atomic E-state index is 12.2. The van der Waals surface area contributed by atoms with Crippen molar-refractivity contribution in [2.45, 2.75) is 26.2 Å². The number of aryl methyl sites for hydroxylation is 1. The van der Waals surface area contributed by atoms with Crippen LogP contribution in [0.1, 0.15) is 24.8 Å². The zero-order chi connectivity index (χ0) is 14.9. The molecule has 0 radical (unpaired) electrons. The van der Waals surface area contributed by atoms with Gasteiger partial charge in [-0.25, -0.2) is 0 Å². The fraction of sp³-hybridized carbons (Fsp3) is 0.429. The molecule has 0 heterocycles. The number of carbonyl (C=O) groups is 2. The first-order valence-corrected chi connectivity index (χ1v) is 7.55. The van der Waals surface area contributed by atoms with Crippen LogP contribution in [0, 0.1) is 18.8 Å². The molecule has 108 valence electrons. The Morgan fingerprint density at radius 2 is 2.00 bits per heavy atom. The van der Waals surface area contributed by atoms with Crippen LogP contribution < -0.4 is 5.32 Å². The number of aliphatic carboxylic acids is 1. The van der Waals surface area contributed by atoms with Crippen molar-refractivity contribution in [3.05, 3.63) is 27.2 Å². The Labute approximate surface area is 130 Å². The van der Waals surface area contributed by atoms with E-state index < -0.39 is 11.9 Å². The smallest absolute Gasteiger partial charge is 0.306 e. The topological polar surface area (TPSA) is 66.4 Å². The molecule has 1 aromatic carbocycles. The van der Waals surface area contributed by atoms with Crippen molar-refractivity contribution in [3.63, 3.8) is 0 Å². The van der Waals surface area contributed by atoms with E-state index in [-0.39, 0.29) is 11.8 Å². The van der Waals surface area contributed by atoms with Crippen molar-refractivity contribution < 1.29 is 14.7 Å². The maximum Gasteiger partial charge on any atom is 0.306 e. The van der Waals surface area contributed by atoms with Gasteiger partial charge in [0, 0.05) is 15.4 Å². The van der Waals surface area contributed by atoms with E-state index in [1.807, 2.05) is 13.0 Å². The lowest BCUT2D eigenvalue weighted by atomic mass is 10.0. The molecule has 20 heavy (non-hydrogen) atoms. The summed E-state index contributed by atoms with van der Waals surface area (Å²) in [5, 5.41) is 12.4. The number of carboxylic acid groups (broad SMARTS) is 1. The fourth-order valence-electron chi connectivity index (χ4n) is 2.42. The molecule has 2 N–H and O–H groups in total. The van der Waals surface area contributed by atoms with Crippen molar-refractivity contribution in [2.24, 2.45) is 11.8 Å². The van der Waals surface area contributed by atoms with Crippen LogP contribution in [0.5, 0.6) is 0 Å². The Morgan fingerprint density at radius 1 is 1.35 bits per heavy atom. The molecule has 1 saturated carbocycles. The Bertz CT molecular complexity index is 562. The molecule has 0 aliphatic heterocycles. The number of hydrogen-bond donors (Lipinski definition) is 2. The predicted molar refractivity (Wildman–Crippen MR) is 81.0 cm³/mol. The molecular weight excluding hydrogens is 346 g/mol. The Morgan fingerprint density at radius 3 is 2.60 bits per heavy atom. The third kappa shape index (κ3) is 3.33. The summed E-state index contributed by atoms with van der Waals surface area (Å²) in [5.41, 5.74) is 1.53. The Balaban J connectivity index is 2.06. The minimum absolute atomic E-state index is 0.144. The van der Waals surface area contributed by atoms with E-state index in [4.69, 9.17) is 16.7 Å². The van der Waals surface area contributed by atoms with Gasteiger partial charge >= 0.3 is 5.97 Å². The van der Waals surface area contributed by atoms with Crippen molar-refractivity contribution in [3.8, 4) is 0 Å². The van der Waals surface area contributed by atoms with Crippen molar-refractivity contribution in [1.29, 1.82) is 0 Å². The highest BCUT2D eigenvalue weighted by Gasteiger charge is 2.33. The highest BCUT2D eigenvalue weighted by Crippen LogP contribution is 2.34. The lowest BCUT2D eigenvalue weighted by Gasteiger charge is -2.13. The molecule has 1 fully saturated rings. The van der Waals surface area contributed by atoms with E-state index in [1.165, 1.54) is 0 Å². The van der Waals surface area contributed by atoms with Gasteiger partial charge in [-0.1, -0.05) is 11.6 Å². The molecule has 0 saturated heterocycles. The van der Waals surface area contributed by atoms with Gasteiger partial charge in [0.15, 0.2) is 0 Å². The summed E-state index contributed by atoms with van der Waals surface area (Å²) in [6, 6.07) is 3.54. The van der Waals surface area contributed by atoms with Gasteiger partial charge in [-0.05, 0) is 59.8 Å². The molecule has 1 aromatic rings. The lowest BCUT2D eigenvalue weighted by molar-refractivity contribution is -0.141. The van der Waals surface area contributed by atoms with E-state index in [9.17, 15) is 9.59 Å². The van der Waals surface area contributed by atoms with Gasteiger partial charge in [0.25, 0.3) is 0 Å². The molecule has 1 aliphatic rings. The molecule has 0 bridgehead atoms. The number of hydrogen-bond acceptors (Lipinski definition) is 2. The van der Waals surface area contributed by atoms with Crippen LogP contribution in [0.25, 0.3) is 0 Å². The Kier molecular flexibility index (Phi) is 4.70. The highest BCUT2D eigenvalue weighted by atomic mass is 79.9. The van der Waals surface area contributed by atoms with Gasteiger partial charge < -0.3 is 10.4 Å². The van der Waals surface area contributed by atoms with Crippen LogP contribution in [0.4, 0.5) is 5.69 Å². The summed E-state index contributed by atoms with van der Waals surface area (Å²) in [4.78, 5) is 23.1. The number of benzene rings is 1. The molecular formula is C14H15BrClNO3. The minimum atomic E-state index is -0.820. The van der Waals surface area contributed by atoms with Crippen LogP contribution in [0.2, 0.25) is 5.02 Å². The third-order valence-electron chi connectivity index (χ3n) is 3.66. The van der Waals surface area contributed by atoms with Crippen LogP contribution in [0.15, 0.2) is 16.6 Å². The van der Waals surface area contributed by atoms with E-state index in [0.717, 1.165) is 10.0 Å². The molecule has 2 unspecified atom stereocenters. The zero-order valence-electron chi connectivity index (χ0n) is 11.0. The van der Waals surface area contributed by atoms with E-state index in [0.29, 0.717) is 30.0 Å². The molecule has 2 atom stereocenters. The van der Waals surface area contributed by atoms with Crippen LogP contribution >= 0.6 is 27.5 Å². The van der Waals surface area contributed by atoms with E-state index in [2.05, 4.69) is 21.2 Å². The summed E-state index contributed by atoms with van der Waals surface area (Å²) in [5.74, 6) is -1.62. The summed E-state index contributed by atoms with van der Waals surface area (Å²) < 4.78 is 0.764. The van der Waals surface area contributed by atoms with Gasteiger partial charge in [0.1, 0.15) is 0 Å². The molecule has 6 heteroatoms. The number of rotatable bonds is 3. The largest absolute Gasteiger partial charge is 0.481 e. The Hall–Kier alpha value is -1.07. The normalized spacial score (nSPS) is 21.8. The number of anilines is 1. The average Bonchev–Trinajstić information content (AvgIpc) is 2.85. The van der Waals surface area contributed by atoms with Gasteiger partial charge in [-0.3, -0.25) is 9.59 Å². The first kappa shape index (κ1) is 15.3. The first-order chi connectivity index (χ1) is 9.38. The van der Waals surface area contributed by atoms with Crippen molar-refractivity contribution in [1.82, 2.24) is 0 Å². The van der Waals surface area contributed by atoms with Crippen LogP contribution in [-0.4, -0.2) is 17.0 Å². The quantitative estimate of drug-likeness (QED) is 0.860. The molecule has 0 aromatic heterocycles. The van der Waals surface area contributed by atoms with Gasteiger partial charge in [-0.2, -0.15) is 0 Å². The van der Waals surface area contributed by atoms with E-state index in [1.54, 1.807) is 6.07 Å². The summed E-state index contributed by atoms with van der Waals surface area (Å²) in [6.45, 7) is 1.88. The van der Waals surface area contributed by atoms with Crippen LogP contribution in [-0.2, 0) is 9.59 Å². The standard InChI is InChI=1S/C14H15BrClNO3/c1-7-4-10(15)12(6-11(7)16)17-13(18)8-2-3-9(5-8)14(19)20/h4,6,8-9H,2-3,5H2,1H3,(H,17,18)(H,19,20). The highest BCUT2D eigenvalue weighted by molar-refractivity contribution is 9.10. The predicted octanol–water partition coefficient (Wildman–Crippen LogP) is 3.85. The zero-order valence-corrected chi connectivity index (χ0v) is 13.3. The monoisotopic (exact) mass is 359 g/mol. The number of nitrogens with one attached hydrogen (secondary N) is 1. The molecule has 2 rings (SSSR count). The second-order valence-corrected chi connectivity index (χ2v) is 6.38. The van der Waals surface area contributed by atoms with Crippen molar-refractivity contribution in [2.75, 3.05) is 5.32 Å². The van der Waals surface area contributed by atoms with E-state index >= 15 is 0 Å². The molecule has 4 nitrogen and oxygen atoms in total. The minimum Gasteiger partial charge on any atom is -0.481 e. The van der Waals surface area contributed by atoms with Gasteiger partial charge in [0.05, 0.1) is 11.6 Å². The van der Waals surface area contributed by atoms with Crippen molar-refractivity contribution >= 4 is 45.1 Å². The number of halogens is 2. The molecule has 0 spiro atoms. The van der Waals surface area contributed by atoms with Crippen LogP contribution in [0.3, 0.4) is 0 Å². The first-order valence-electron chi connectivity index (χ1n) is 6.37. The molecule has 1 amide bonds. The number of carboxylic acids is 1. The second-order valence-electron chi connectivity index (χ2n) is 5.12.